The molecule has 1 heterocycles. The highest BCUT2D eigenvalue weighted by Crippen LogP contribution is 2.22. The standard InChI is InChI=1S/C11H16N2O2/c1-3-9(11(14)15-2)10(12)8-5-4-6-13-7-8/h4-7,9-10H,3,12H2,1-2H3. The number of ether oxygens (including phenoxy) is 1. The van der Waals surface area contributed by atoms with Crippen molar-refractivity contribution in [2.45, 2.75) is 19.4 Å². The molecule has 0 aromatic carbocycles. The number of carbonyl (C=O) groups excluding carboxylic acids is 1. The predicted octanol–water partition coefficient (Wildman–Crippen LogP) is 1.28. The Labute approximate surface area is 89.5 Å². The monoisotopic (exact) mass is 208 g/mol. The van der Waals surface area contributed by atoms with Crippen molar-refractivity contribution in [3.63, 3.8) is 0 Å². The molecule has 0 amide bonds. The Hall–Kier alpha value is -1.42. The van der Waals surface area contributed by atoms with E-state index in [9.17, 15) is 4.79 Å². The van der Waals surface area contributed by atoms with Crippen molar-refractivity contribution in [2.24, 2.45) is 11.7 Å². The lowest BCUT2D eigenvalue weighted by Gasteiger charge is -2.20. The SMILES string of the molecule is CCC(C(=O)OC)C(N)c1cccnc1. The molecule has 82 valence electrons. The normalized spacial score (nSPS) is 14.3. The van der Waals surface area contributed by atoms with Crippen LogP contribution in [0.5, 0.6) is 0 Å². The molecule has 0 saturated carbocycles. The van der Waals surface area contributed by atoms with Crippen LogP contribution in [-0.2, 0) is 9.53 Å². The maximum Gasteiger partial charge on any atom is 0.310 e. The molecule has 0 bridgehead atoms. The zero-order valence-corrected chi connectivity index (χ0v) is 9.01. The number of aromatic nitrogens is 1. The van der Waals surface area contributed by atoms with Crippen LogP contribution >= 0.6 is 0 Å². The third-order valence-electron chi connectivity index (χ3n) is 2.45. The van der Waals surface area contributed by atoms with Crippen LogP contribution in [0.4, 0.5) is 0 Å². The minimum Gasteiger partial charge on any atom is -0.469 e. The smallest absolute Gasteiger partial charge is 0.310 e. The molecule has 0 aliphatic rings. The van der Waals surface area contributed by atoms with Gasteiger partial charge in [0.1, 0.15) is 0 Å². The van der Waals surface area contributed by atoms with Gasteiger partial charge in [0.15, 0.2) is 0 Å². The van der Waals surface area contributed by atoms with Crippen LogP contribution in [0.15, 0.2) is 24.5 Å². The maximum atomic E-state index is 11.4. The molecule has 1 aromatic heterocycles. The summed E-state index contributed by atoms with van der Waals surface area (Å²) >= 11 is 0. The number of rotatable bonds is 4. The van der Waals surface area contributed by atoms with Gasteiger partial charge in [0.2, 0.25) is 0 Å². The Morgan fingerprint density at radius 3 is 2.87 bits per heavy atom. The molecule has 0 radical (unpaired) electrons. The van der Waals surface area contributed by atoms with E-state index in [2.05, 4.69) is 4.98 Å². The Morgan fingerprint density at radius 1 is 1.67 bits per heavy atom. The molecule has 1 aromatic rings. The summed E-state index contributed by atoms with van der Waals surface area (Å²) in [7, 11) is 1.38. The molecule has 0 saturated heterocycles. The summed E-state index contributed by atoms with van der Waals surface area (Å²) in [6.45, 7) is 1.91. The summed E-state index contributed by atoms with van der Waals surface area (Å²) in [4.78, 5) is 15.4. The minimum absolute atomic E-state index is 0.270. The summed E-state index contributed by atoms with van der Waals surface area (Å²) in [6, 6.07) is 3.32. The average molecular weight is 208 g/mol. The van der Waals surface area contributed by atoms with Crippen molar-refractivity contribution >= 4 is 5.97 Å². The highest BCUT2D eigenvalue weighted by Gasteiger charge is 2.25. The third kappa shape index (κ3) is 2.76. The van der Waals surface area contributed by atoms with Gasteiger partial charge in [0.25, 0.3) is 0 Å². The van der Waals surface area contributed by atoms with Gasteiger partial charge < -0.3 is 10.5 Å². The number of nitrogens with zero attached hydrogens (tertiary/aromatic N) is 1. The fourth-order valence-corrected chi connectivity index (χ4v) is 1.52. The Morgan fingerprint density at radius 2 is 2.40 bits per heavy atom. The number of hydrogen-bond acceptors (Lipinski definition) is 4. The first-order valence-corrected chi connectivity index (χ1v) is 4.94. The minimum atomic E-state index is -0.351. The van der Waals surface area contributed by atoms with Crippen LogP contribution in [0.2, 0.25) is 0 Å². The van der Waals surface area contributed by atoms with Crippen LogP contribution in [0.3, 0.4) is 0 Å². The third-order valence-corrected chi connectivity index (χ3v) is 2.45. The molecular formula is C11H16N2O2. The molecule has 15 heavy (non-hydrogen) atoms. The van der Waals surface area contributed by atoms with Crippen LogP contribution in [0.1, 0.15) is 24.9 Å². The quantitative estimate of drug-likeness (QED) is 0.757. The first kappa shape index (κ1) is 11.7. The van der Waals surface area contributed by atoms with Gasteiger partial charge in [-0.15, -0.1) is 0 Å². The molecule has 2 unspecified atom stereocenters. The lowest BCUT2D eigenvalue weighted by molar-refractivity contribution is -0.146. The van der Waals surface area contributed by atoms with Crippen molar-refractivity contribution in [3.05, 3.63) is 30.1 Å². The predicted molar refractivity (Wildman–Crippen MR) is 57.0 cm³/mol. The molecule has 4 heteroatoms. The van der Waals surface area contributed by atoms with E-state index in [1.807, 2.05) is 13.0 Å². The van der Waals surface area contributed by atoms with Crippen molar-refractivity contribution in [2.75, 3.05) is 7.11 Å². The van der Waals surface area contributed by atoms with Crippen LogP contribution in [0, 0.1) is 5.92 Å². The zero-order chi connectivity index (χ0) is 11.3. The van der Waals surface area contributed by atoms with Gasteiger partial charge in [-0.3, -0.25) is 9.78 Å². The molecule has 0 spiro atoms. The highest BCUT2D eigenvalue weighted by atomic mass is 16.5. The average Bonchev–Trinajstić information content (AvgIpc) is 2.30. The highest BCUT2D eigenvalue weighted by molar-refractivity contribution is 5.73. The number of nitrogens with two attached hydrogens (primary N) is 1. The summed E-state index contributed by atoms with van der Waals surface area (Å²) in [5.41, 5.74) is 6.84. The van der Waals surface area contributed by atoms with E-state index in [1.165, 1.54) is 7.11 Å². The van der Waals surface area contributed by atoms with E-state index in [0.29, 0.717) is 6.42 Å². The molecule has 0 aliphatic heterocycles. The van der Waals surface area contributed by atoms with Crippen molar-refractivity contribution in [1.82, 2.24) is 4.98 Å². The summed E-state index contributed by atoms with van der Waals surface area (Å²) in [6.07, 6.45) is 4.01. The fourth-order valence-electron chi connectivity index (χ4n) is 1.52. The first-order valence-electron chi connectivity index (χ1n) is 4.94. The van der Waals surface area contributed by atoms with Gasteiger partial charge in [-0.1, -0.05) is 13.0 Å². The molecule has 2 N–H and O–H groups in total. The van der Waals surface area contributed by atoms with Crippen LogP contribution < -0.4 is 5.73 Å². The van der Waals surface area contributed by atoms with Gasteiger partial charge in [0.05, 0.1) is 13.0 Å². The summed E-state index contributed by atoms with van der Waals surface area (Å²) < 4.78 is 4.71. The van der Waals surface area contributed by atoms with Gasteiger partial charge in [-0.25, -0.2) is 0 Å². The molecule has 0 aliphatic carbocycles. The van der Waals surface area contributed by atoms with Gasteiger partial charge in [-0.2, -0.15) is 0 Å². The second-order valence-corrected chi connectivity index (χ2v) is 3.35. The number of carbonyl (C=O) groups is 1. The van der Waals surface area contributed by atoms with E-state index in [-0.39, 0.29) is 17.9 Å². The first-order chi connectivity index (χ1) is 7.20. The zero-order valence-electron chi connectivity index (χ0n) is 9.01. The molecule has 0 fully saturated rings. The van der Waals surface area contributed by atoms with Gasteiger partial charge in [-0.05, 0) is 18.1 Å². The second kappa shape index (κ2) is 5.46. The molecule has 4 nitrogen and oxygen atoms in total. The topological polar surface area (TPSA) is 65.2 Å². The summed E-state index contributed by atoms with van der Waals surface area (Å²) in [5, 5.41) is 0. The van der Waals surface area contributed by atoms with E-state index in [4.69, 9.17) is 10.5 Å². The number of hydrogen-bond donors (Lipinski definition) is 1. The van der Waals surface area contributed by atoms with Gasteiger partial charge in [0, 0.05) is 18.4 Å². The van der Waals surface area contributed by atoms with Crippen molar-refractivity contribution < 1.29 is 9.53 Å². The van der Waals surface area contributed by atoms with Gasteiger partial charge >= 0.3 is 5.97 Å². The van der Waals surface area contributed by atoms with Crippen LogP contribution in [-0.4, -0.2) is 18.1 Å². The Bertz CT molecular complexity index is 314. The van der Waals surface area contributed by atoms with Crippen LogP contribution in [0.25, 0.3) is 0 Å². The van der Waals surface area contributed by atoms with Crippen molar-refractivity contribution in [3.8, 4) is 0 Å². The van der Waals surface area contributed by atoms with Crippen molar-refractivity contribution in [1.29, 1.82) is 0 Å². The fraction of sp³-hybridized carbons (Fsp3) is 0.455. The largest absolute Gasteiger partial charge is 0.469 e. The lowest BCUT2D eigenvalue weighted by Crippen LogP contribution is -2.28. The Kier molecular flexibility index (Phi) is 4.24. The number of methoxy groups -OCH3 is 1. The number of pyridine rings is 1. The van der Waals surface area contributed by atoms with E-state index < -0.39 is 0 Å². The molecule has 1 rings (SSSR count). The van der Waals surface area contributed by atoms with E-state index in [0.717, 1.165) is 5.56 Å². The molecular weight excluding hydrogens is 192 g/mol. The lowest BCUT2D eigenvalue weighted by atomic mass is 9.93. The number of esters is 1. The maximum absolute atomic E-state index is 11.4. The molecule has 2 atom stereocenters. The summed E-state index contributed by atoms with van der Waals surface area (Å²) in [5.74, 6) is -0.576. The Balaban J connectivity index is 2.82. The van der Waals surface area contributed by atoms with E-state index >= 15 is 0 Å². The second-order valence-electron chi connectivity index (χ2n) is 3.35. The van der Waals surface area contributed by atoms with E-state index in [1.54, 1.807) is 18.5 Å².